The summed E-state index contributed by atoms with van der Waals surface area (Å²) in [6.07, 6.45) is 0. The zero-order valence-corrected chi connectivity index (χ0v) is 17.7. The molecule has 5 heteroatoms. The maximum absolute atomic E-state index is 8.95. The van der Waals surface area contributed by atoms with Crippen LogP contribution in [0, 0.1) is 6.92 Å². The van der Waals surface area contributed by atoms with Crippen LogP contribution in [-0.4, -0.2) is 20.6 Å². The van der Waals surface area contributed by atoms with Gasteiger partial charge < -0.3 is 14.8 Å². The zero-order valence-electron chi connectivity index (χ0n) is 16.9. The molecule has 0 radical (unpaired) electrons. The molecule has 0 amide bonds. The van der Waals surface area contributed by atoms with Gasteiger partial charge in [-0.15, -0.1) is 0 Å². The molecule has 0 aliphatic heterocycles. The van der Waals surface area contributed by atoms with Crippen molar-refractivity contribution in [1.29, 1.82) is 0 Å². The van der Waals surface area contributed by atoms with Crippen LogP contribution in [0.4, 0.5) is 5.69 Å². The predicted octanol–water partition coefficient (Wildman–Crippen LogP) is 6.11. The van der Waals surface area contributed by atoms with E-state index in [-0.39, 0.29) is 0 Å². The molecule has 0 saturated heterocycles. The zero-order chi connectivity index (χ0) is 20.4. The number of benzene rings is 2. The first-order chi connectivity index (χ1) is 12.6. The molecule has 0 atom stereocenters. The van der Waals surface area contributed by atoms with E-state index in [4.69, 9.17) is 21.1 Å². The molecule has 0 aliphatic rings. The lowest BCUT2D eigenvalue weighted by Crippen LogP contribution is -2.01. The number of nitrogens with one attached hydrogen (secondary N) is 1. The molecular formula is C21H32ClNO3. The molecule has 1 N–H and O–H groups in total. The maximum Gasteiger partial charge on any atom is 0.292 e. The van der Waals surface area contributed by atoms with E-state index in [1.54, 1.807) is 0 Å². The van der Waals surface area contributed by atoms with Crippen LogP contribution in [0.15, 0.2) is 42.5 Å². The largest absolute Gasteiger partial charge is 0.489 e. The van der Waals surface area contributed by atoms with Crippen molar-refractivity contribution < 1.29 is 14.3 Å². The van der Waals surface area contributed by atoms with Crippen LogP contribution in [0.5, 0.6) is 5.75 Å². The Morgan fingerprint density at radius 1 is 1.08 bits per heavy atom. The van der Waals surface area contributed by atoms with Gasteiger partial charge in [0.15, 0.2) is 0 Å². The van der Waals surface area contributed by atoms with Gasteiger partial charge in [-0.3, -0.25) is 4.79 Å². The molecular weight excluding hydrogens is 350 g/mol. The summed E-state index contributed by atoms with van der Waals surface area (Å²) in [6, 6.07) is 13.7. The molecule has 0 fully saturated rings. The average molecular weight is 382 g/mol. The highest BCUT2D eigenvalue weighted by atomic mass is 35.5. The second kappa shape index (κ2) is 17.6. The van der Waals surface area contributed by atoms with E-state index >= 15 is 0 Å². The highest BCUT2D eigenvalue weighted by molar-refractivity contribution is 6.30. The van der Waals surface area contributed by atoms with E-state index in [2.05, 4.69) is 10.1 Å². The van der Waals surface area contributed by atoms with E-state index < -0.39 is 0 Å². The number of hydrogen-bond donors (Lipinski definition) is 1. The SMILES string of the molecule is CC.CC.CNc1ccc(Cl)cc1COc1ccccc1C.COC=O. The summed E-state index contributed by atoms with van der Waals surface area (Å²) in [5.41, 5.74) is 3.21. The lowest BCUT2D eigenvalue weighted by atomic mass is 10.2. The van der Waals surface area contributed by atoms with Gasteiger partial charge in [0.25, 0.3) is 6.47 Å². The smallest absolute Gasteiger partial charge is 0.292 e. The summed E-state index contributed by atoms with van der Waals surface area (Å²) in [4.78, 5) is 8.95. The van der Waals surface area contributed by atoms with Crippen molar-refractivity contribution in [2.45, 2.75) is 41.2 Å². The summed E-state index contributed by atoms with van der Waals surface area (Å²) in [7, 11) is 3.20. The van der Waals surface area contributed by atoms with Crippen LogP contribution in [0.25, 0.3) is 0 Å². The molecule has 0 saturated carbocycles. The van der Waals surface area contributed by atoms with Gasteiger partial charge in [-0.1, -0.05) is 57.5 Å². The van der Waals surface area contributed by atoms with Gasteiger partial charge in [0.05, 0.1) is 7.11 Å². The Labute approximate surface area is 163 Å². The summed E-state index contributed by atoms with van der Waals surface area (Å²) in [6.45, 7) is 10.9. The Hall–Kier alpha value is -2.20. The molecule has 0 spiro atoms. The maximum atomic E-state index is 8.95. The molecule has 0 aromatic heterocycles. The number of carbonyl (C=O) groups excluding carboxylic acids is 1. The van der Waals surface area contributed by atoms with Gasteiger partial charge in [0.1, 0.15) is 12.4 Å². The van der Waals surface area contributed by atoms with E-state index in [9.17, 15) is 0 Å². The van der Waals surface area contributed by atoms with Gasteiger partial charge in [-0.25, -0.2) is 0 Å². The van der Waals surface area contributed by atoms with Gasteiger partial charge in [-0.2, -0.15) is 0 Å². The van der Waals surface area contributed by atoms with E-state index in [1.165, 1.54) is 7.11 Å². The fourth-order valence-electron chi connectivity index (χ4n) is 1.80. The number of para-hydroxylation sites is 1. The Bertz CT molecular complexity index is 604. The molecule has 0 aliphatic carbocycles. The van der Waals surface area contributed by atoms with Crippen LogP contribution >= 0.6 is 11.6 Å². The van der Waals surface area contributed by atoms with Crippen molar-refractivity contribution in [3.05, 3.63) is 58.6 Å². The van der Waals surface area contributed by atoms with Crippen LogP contribution in [-0.2, 0) is 16.1 Å². The minimum absolute atomic E-state index is 0.375. The van der Waals surface area contributed by atoms with Crippen molar-refractivity contribution in [3.63, 3.8) is 0 Å². The van der Waals surface area contributed by atoms with E-state index in [0.717, 1.165) is 27.6 Å². The highest BCUT2D eigenvalue weighted by Crippen LogP contribution is 2.23. The standard InChI is InChI=1S/C15H16ClNO.C2H4O2.2C2H6/c1-11-5-3-4-6-15(11)18-10-12-9-13(16)7-8-14(12)17-2;1-4-2-3;2*1-2/h3-9,17H,10H2,1-2H3;2H,1H3;2*1-2H3. The third-order valence-corrected chi connectivity index (χ3v) is 3.14. The molecule has 146 valence electrons. The third-order valence-electron chi connectivity index (χ3n) is 2.91. The molecule has 2 aromatic rings. The van der Waals surface area contributed by atoms with Crippen molar-refractivity contribution in [1.82, 2.24) is 0 Å². The van der Waals surface area contributed by atoms with E-state index in [0.29, 0.717) is 13.1 Å². The van der Waals surface area contributed by atoms with Gasteiger partial charge >= 0.3 is 0 Å². The van der Waals surface area contributed by atoms with Crippen LogP contribution in [0.2, 0.25) is 5.02 Å². The number of anilines is 1. The fourth-order valence-corrected chi connectivity index (χ4v) is 1.99. The second-order valence-corrected chi connectivity index (χ2v) is 4.87. The minimum Gasteiger partial charge on any atom is -0.489 e. The molecule has 26 heavy (non-hydrogen) atoms. The van der Waals surface area contributed by atoms with Gasteiger partial charge in [-0.05, 0) is 36.8 Å². The van der Waals surface area contributed by atoms with E-state index in [1.807, 2.05) is 84.1 Å². The first-order valence-corrected chi connectivity index (χ1v) is 9.11. The number of rotatable bonds is 5. The Morgan fingerprint density at radius 3 is 2.15 bits per heavy atom. The number of carbonyl (C=O) groups is 1. The summed E-state index contributed by atoms with van der Waals surface area (Å²) in [5, 5.41) is 3.85. The number of halogens is 1. The lowest BCUT2D eigenvalue weighted by molar-refractivity contribution is -0.126. The monoisotopic (exact) mass is 381 g/mol. The van der Waals surface area contributed by atoms with Gasteiger partial charge in [0, 0.05) is 23.3 Å². The molecule has 4 nitrogen and oxygen atoms in total. The predicted molar refractivity (Wildman–Crippen MR) is 112 cm³/mol. The third kappa shape index (κ3) is 10.6. The lowest BCUT2D eigenvalue weighted by Gasteiger charge is -2.12. The Balaban J connectivity index is 0. The number of ether oxygens (including phenoxy) is 2. The van der Waals surface area contributed by atoms with Crippen LogP contribution in [0.3, 0.4) is 0 Å². The van der Waals surface area contributed by atoms with Crippen LogP contribution < -0.4 is 10.1 Å². The number of methoxy groups -OCH3 is 1. The quantitative estimate of drug-likeness (QED) is 0.634. The molecule has 2 aromatic carbocycles. The fraction of sp³-hybridized carbons (Fsp3) is 0.381. The number of hydrogen-bond acceptors (Lipinski definition) is 4. The van der Waals surface area contributed by atoms with Crippen molar-refractivity contribution in [3.8, 4) is 5.75 Å². The first kappa shape index (κ1) is 26.0. The molecule has 0 unspecified atom stereocenters. The molecule has 0 bridgehead atoms. The Morgan fingerprint density at radius 2 is 1.65 bits per heavy atom. The van der Waals surface area contributed by atoms with Crippen molar-refractivity contribution in [2.24, 2.45) is 0 Å². The number of aryl methyl sites for hydroxylation is 1. The van der Waals surface area contributed by atoms with Crippen LogP contribution in [0.1, 0.15) is 38.8 Å². The average Bonchev–Trinajstić information content (AvgIpc) is 2.71. The minimum atomic E-state index is 0.375. The molecule has 2 rings (SSSR count). The Kier molecular flexibility index (Phi) is 17.6. The summed E-state index contributed by atoms with van der Waals surface area (Å²) < 4.78 is 9.68. The molecule has 0 heterocycles. The topological polar surface area (TPSA) is 47.6 Å². The highest BCUT2D eigenvalue weighted by Gasteiger charge is 2.04. The van der Waals surface area contributed by atoms with Crippen molar-refractivity contribution in [2.75, 3.05) is 19.5 Å². The van der Waals surface area contributed by atoms with Crippen molar-refractivity contribution >= 4 is 23.8 Å². The van der Waals surface area contributed by atoms with Gasteiger partial charge in [0.2, 0.25) is 0 Å². The summed E-state index contributed by atoms with van der Waals surface area (Å²) >= 11 is 6.00. The second-order valence-electron chi connectivity index (χ2n) is 4.44. The summed E-state index contributed by atoms with van der Waals surface area (Å²) in [5.74, 6) is 0.902. The first-order valence-electron chi connectivity index (χ1n) is 8.73. The normalized spacial score (nSPS) is 8.31.